The predicted octanol–water partition coefficient (Wildman–Crippen LogP) is 4.46. The first-order valence-electron chi connectivity index (χ1n) is 11.4. The van der Waals surface area contributed by atoms with Crippen molar-refractivity contribution < 1.29 is 26.0 Å². The van der Waals surface area contributed by atoms with Crippen molar-refractivity contribution in [2.75, 3.05) is 23.1 Å². The first kappa shape index (κ1) is 27.1. The minimum Gasteiger partial charge on any atom is -0.326 e. The van der Waals surface area contributed by atoms with Crippen molar-refractivity contribution in [1.82, 2.24) is 4.31 Å². The maximum absolute atomic E-state index is 13.9. The fourth-order valence-electron chi connectivity index (χ4n) is 3.99. The number of hydrogen-bond acceptors (Lipinski definition) is 5. The van der Waals surface area contributed by atoms with Crippen LogP contribution in [0.2, 0.25) is 5.02 Å². The van der Waals surface area contributed by atoms with Crippen LogP contribution in [0.5, 0.6) is 0 Å². The normalized spacial score (nSPS) is 15.3. The highest BCUT2D eigenvalue weighted by molar-refractivity contribution is 7.92. The van der Waals surface area contributed by atoms with Crippen molar-refractivity contribution in [2.45, 2.75) is 23.5 Å². The van der Waals surface area contributed by atoms with E-state index in [-0.39, 0.29) is 29.5 Å². The van der Waals surface area contributed by atoms with Gasteiger partial charge in [-0.05, 0) is 67.4 Å². The monoisotopic (exact) mass is 565 g/mol. The van der Waals surface area contributed by atoms with Gasteiger partial charge in [0, 0.05) is 41.0 Å². The van der Waals surface area contributed by atoms with Gasteiger partial charge in [0.05, 0.1) is 10.6 Å². The number of piperidine rings is 1. The van der Waals surface area contributed by atoms with Crippen LogP contribution in [-0.2, 0) is 30.6 Å². The van der Waals surface area contributed by atoms with E-state index in [0.717, 1.165) is 0 Å². The van der Waals surface area contributed by atoms with Crippen LogP contribution >= 0.6 is 11.6 Å². The van der Waals surface area contributed by atoms with E-state index in [1.165, 1.54) is 46.8 Å². The summed E-state index contributed by atoms with van der Waals surface area (Å²) in [7, 11) is -7.55. The molecule has 0 spiro atoms. The average molecular weight is 566 g/mol. The molecule has 0 saturated carbocycles. The Morgan fingerprint density at radius 2 is 1.49 bits per heavy atom. The third-order valence-electron chi connectivity index (χ3n) is 6.04. The van der Waals surface area contributed by atoms with Gasteiger partial charge in [-0.3, -0.25) is 9.52 Å². The fraction of sp³-hybridized carbons (Fsp3) is 0.240. The minimum atomic E-state index is -3.83. The predicted molar refractivity (Wildman–Crippen MR) is 141 cm³/mol. The number of halogens is 2. The number of rotatable bonds is 8. The standard InChI is InChI=1S/C25H25ClFN3O5S2/c26-20-5-7-22(8-6-20)29-37(34,35)23-11-9-21(10-12-23)28-25(31)18-13-15-30(16-14-18)36(32,33)17-19-3-1-2-4-24(19)27/h1-12,18,29H,13-17H2,(H,28,31). The van der Waals surface area contributed by atoms with Crippen LogP contribution in [0.3, 0.4) is 0 Å². The third-order valence-corrected chi connectivity index (χ3v) is 9.52. The smallest absolute Gasteiger partial charge is 0.261 e. The van der Waals surface area contributed by atoms with Gasteiger partial charge in [-0.1, -0.05) is 29.8 Å². The highest BCUT2D eigenvalue weighted by Gasteiger charge is 2.31. The van der Waals surface area contributed by atoms with Crippen molar-refractivity contribution >= 4 is 48.9 Å². The summed E-state index contributed by atoms with van der Waals surface area (Å²) in [6, 6.07) is 17.7. The average Bonchev–Trinajstić information content (AvgIpc) is 2.87. The molecule has 196 valence electrons. The first-order chi connectivity index (χ1) is 17.5. The molecule has 0 radical (unpaired) electrons. The van der Waals surface area contributed by atoms with Crippen molar-refractivity contribution in [1.29, 1.82) is 0 Å². The number of nitrogens with one attached hydrogen (secondary N) is 2. The number of carbonyl (C=O) groups is 1. The molecule has 12 heteroatoms. The van der Waals surface area contributed by atoms with Gasteiger partial charge in [0.15, 0.2) is 0 Å². The van der Waals surface area contributed by atoms with Crippen LogP contribution in [-0.4, -0.2) is 40.1 Å². The summed E-state index contributed by atoms with van der Waals surface area (Å²) < 4.78 is 68.3. The molecule has 3 aromatic carbocycles. The van der Waals surface area contributed by atoms with Gasteiger partial charge < -0.3 is 5.32 Å². The zero-order valence-electron chi connectivity index (χ0n) is 19.6. The van der Waals surface area contributed by atoms with Crippen molar-refractivity contribution in [3.8, 4) is 0 Å². The number of sulfonamides is 2. The van der Waals surface area contributed by atoms with E-state index < -0.39 is 37.5 Å². The second kappa shape index (κ2) is 11.2. The topological polar surface area (TPSA) is 113 Å². The molecule has 1 saturated heterocycles. The number of amides is 1. The van der Waals surface area contributed by atoms with E-state index in [4.69, 9.17) is 11.6 Å². The number of hydrogen-bond donors (Lipinski definition) is 2. The summed E-state index contributed by atoms with van der Waals surface area (Å²) in [6.45, 7) is 0.310. The van der Waals surface area contributed by atoms with E-state index in [2.05, 4.69) is 10.0 Å². The minimum absolute atomic E-state index is 0.0221. The van der Waals surface area contributed by atoms with Gasteiger partial charge in [-0.15, -0.1) is 0 Å². The third kappa shape index (κ3) is 6.86. The van der Waals surface area contributed by atoms with Gasteiger partial charge in [-0.2, -0.15) is 0 Å². The van der Waals surface area contributed by atoms with Gasteiger partial charge in [0.1, 0.15) is 5.82 Å². The molecule has 0 bridgehead atoms. The van der Waals surface area contributed by atoms with Crippen molar-refractivity contribution in [3.05, 3.63) is 89.2 Å². The molecule has 4 rings (SSSR count). The molecule has 8 nitrogen and oxygen atoms in total. The van der Waals surface area contributed by atoms with Crippen LogP contribution in [0.1, 0.15) is 18.4 Å². The Bertz CT molecular complexity index is 1470. The summed E-state index contributed by atoms with van der Waals surface area (Å²) in [5, 5.41) is 3.24. The molecule has 3 aromatic rings. The molecule has 1 amide bonds. The molecule has 1 aliphatic rings. The van der Waals surface area contributed by atoms with E-state index >= 15 is 0 Å². The summed E-state index contributed by atoms with van der Waals surface area (Å²) >= 11 is 5.82. The van der Waals surface area contributed by atoms with Crippen molar-refractivity contribution in [2.24, 2.45) is 5.92 Å². The summed E-state index contributed by atoms with van der Waals surface area (Å²) in [4.78, 5) is 12.8. The maximum Gasteiger partial charge on any atom is 0.261 e. The Balaban J connectivity index is 1.31. The zero-order valence-corrected chi connectivity index (χ0v) is 22.0. The number of anilines is 2. The molecule has 0 aromatic heterocycles. The second-order valence-electron chi connectivity index (χ2n) is 8.65. The Labute approximate surface area is 220 Å². The van der Waals surface area contributed by atoms with Crippen LogP contribution in [0.4, 0.5) is 15.8 Å². The summed E-state index contributed by atoms with van der Waals surface area (Å²) in [6.07, 6.45) is 0.639. The van der Waals surface area contributed by atoms with Gasteiger partial charge in [0.25, 0.3) is 10.0 Å². The SMILES string of the molecule is O=C(Nc1ccc(S(=O)(=O)Nc2ccc(Cl)cc2)cc1)C1CCN(S(=O)(=O)Cc2ccccc2F)CC1. The van der Waals surface area contributed by atoms with E-state index in [0.29, 0.717) is 29.2 Å². The second-order valence-corrected chi connectivity index (χ2v) is 12.7. The molecule has 0 aliphatic carbocycles. The molecule has 0 atom stereocenters. The Morgan fingerprint density at radius 1 is 0.892 bits per heavy atom. The van der Waals surface area contributed by atoms with Crippen LogP contribution in [0.15, 0.2) is 77.7 Å². The lowest BCUT2D eigenvalue weighted by Gasteiger charge is -2.30. The summed E-state index contributed by atoms with van der Waals surface area (Å²) in [5.41, 5.74) is 0.894. The lowest BCUT2D eigenvalue weighted by Crippen LogP contribution is -2.42. The Kier molecular flexibility index (Phi) is 8.17. The fourth-order valence-corrected chi connectivity index (χ4v) is 6.75. The Morgan fingerprint density at radius 3 is 2.11 bits per heavy atom. The Hall–Kier alpha value is -2.99. The van der Waals surface area contributed by atoms with Gasteiger partial charge in [-0.25, -0.2) is 25.5 Å². The molecule has 0 unspecified atom stereocenters. The van der Waals surface area contributed by atoms with Gasteiger partial charge in [0.2, 0.25) is 15.9 Å². The number of nitrogens with zero attached hydrogens (tertiary/aromatic N) is 1. The molecular formula is C25H25ClFN3O5S2. The highest BCUT2D eigenvalue weighted by Crippen LogP contribution is 2.25. The lowest BCUT2D eigenvalue weighted by molar-refractivity contribution is -0.120. The first-order valence-corrected chi connectivity index (χ1v) is 14.9. The molecule has 1 heterocycles. The maximum atomic E-state index is 13.9. The van der Waals surface area contributed by atoms with Gasteiger partial charge >= 0.3 is 0 Å². The quantitative estimate of drug-likeness (QED) is 0.419. The molecule has 1 aliphatic heterocycles. The lowest BCUT2D eigenvalue weighted by atomic mass is 9.97. The van der Waals surface area contributed by atoms with Crippen molar-refractivity contribution in [3.63, 3.8) is 0 Å². The number of benzene rings is 3. The van der Waals surface area contributed by atoms with Crippen LogP contribution < -0.4 is 10.0 Å². The van der Waals surface area contributed by atoms with E-state index in [1.54, 1.807) is 30.3 Å². The molecule has 2 N–H and O–H groups in total. The molecule has 1 fully saturated rings. The zero-order chi connectivity index (χ0) is 26.6. The highest BCUT2D eigenvalue weighted by atomic mass is 35.5. The van der Waals surface area contributed by atoms with Crippen LogP contribution in [0, 0.1) is 11.7 Å². The molecule has 37 heavy (non-hydrogen) atoms. The molecular weight excluding hydrogens is 541 g/mol. The number of carbonyl (C=O) groups excluding carboxylic acids is 1. The summed E-state index contributed by atoms with van der Waals surface area (Å²) in [5.74, 6) is -1.69. The van der Waals surface area contributed by atoms with E-state index in [9.17, 15) is 26.0 Å². The van der Waals surface area contributed by atoms with Crippen LogP contribution in [0.25, 0.3) is 0 Å². The largest absolute Gasteiger partial charge is 0.326 e. The van der Waals surface area contributed by atoms with E-state index in [1.807, 2.05) is 0 Å².